The third kappa shape index (κ3) is 2.52. The van der Waals surface area contributed by atoms with Gasteiger partial charge >= 0.3 is 0 Å². The zero-order valence-corrected chi connectivity index (χ0v) is 10.0. The minimum atomic E-state index is -0.0547. The number of aliphatic hydroxyl groups excluding tert-OH is 1. The molecule has 0 aromatic heterocycles. The Morgan fingerprint density at radius 2 is 1.73 bits per heavy atom. The second-order valence-electron chi connectivity index (χ2n) is 5.30. The van der Waals surface area contributed by atoms with Crippen LogP contribution in [-0.4, -0.2) is 60.3 Å². The zero-order chi connectivity index (χ0) is 10.8. The van der Waals surface area contributed by atoms with Gasteiger partial charge in [-0.3, -0.25) is 4.90 Å². The molecule has 1 saturated heterocycles. The molecule has 0 unspecified atom stereocenters. The number of likely N-dealkylation sites (tertiary alicyclic amines) is 1. The van der Waals surface area contributed by atoms with E-state index >= 15 is 0 Å². The molecule has 0 spiro atoms. The van der Waals surface area contributed by atoms with Gasteiger partial charge in [0, 0.05) is 25.2 Å². The van der Waals surface area contributed by atoms with Crippen LogP contribution in [-0.2, 0) is 0 Å². The van der Waals surface area contributed by atoms with E-state index in [1.165, 1.54) is 38.8 Å². The summed E-state index contributed by atoms with van der Waals surface area (Å²) in [6.07, 6.45) is 5.89. The van der Waals surface area contributed by atoms with E-state index in [0.29, 0.717) is 6.04 Å². The summed E-state index contributed by atoms with van der Waals surface area (Å²) < 4.78 is 0. The molecule has 0 bridgehead atoms. The highest BCUT2D eigenvalue weighted by atomic mass is 16.3. The van der Waals surface area contributed by atoms with Gasteiger partial charge in [-0.2, -0.15) is 0 Å². The van der Waals surface area contributed by atoms with Gasteiger partial charge in [-0.25, -0.2) is 0 Å². The fourth-order valence-electron chi connectivity index (χ4n) is 3.08. The second kappa shape index (κ2) is 4.81. The van der Waals surface area contributed by atoms with E-state index in [4.69, 9.17) is 0 Å². The minimum Gasteiger partial charge on any atom is -0.391 e. The first-order valence-corrected chi connectivity index (χ1v) is 6.27. The lowest BCUT2D eigenvalue weighted by molar-refractivity contribution is 0.0418. The summed E-state index contributed by atoms with van der Waals surface area (Å²) in [7, 11) is 4.34. The van der Waals surface area contributed by atoms with E-state index in [1.807, 2.05) is 0 Å². The van der Waals surface area contributed by atoms with Gasteiger partial charge in [0.25, 0.3) is 0 Å². The summed E-state index contributed by atoms with van der Waals surface area (Å²) in [5.74, 6) is 0. The summed E-state index contributed by atoms with van der Waals surface area (Å²) in [5, 5.41) is 9.86. The molecule has 0 aromatic carbocycles. The summed E-state index contributed by atoms with van der Waals surface area (Å²) in [6, 6.07) is 1.22. The van der Waals surface area contributed by atoms with Crippen LogP contribution in [0.15, 0.2) is 0 Å². The smallest absolute Gasteiger partial charge is 0.0695 e. The van der Waals surface area contributed by atoms with Crippen LogP contribution in [0.3, 0.4) is 0 Å². The molecule has 1 aliphatic carbocycles. The van der Waals surface area contributed by atoms with Crippen molar-refractivity contribution in [3.63, 3.8) is 0 Å². The fraction of sp³-hybridized carbons (Fsp3) is 1.00. The Bertz CT molecular complexity index is 200. The normalized spacial score (nSPS) is 35.2. The maximum atomic E-state index is 9.86. The average molecular weight is 212 g/mol. The molecule has 1 N–H and O–H groups in total. The predicted molar refractivity (Wildman–Crippen MR) is 61.9 cm³/mol. The quantitative estimate of drug-likeness (QED) is 0.737. The fourth-order valence-corrected chi connectivity index (χ4v) is 3.08. The molecule has 1 heterocycles. The van der Waals surface area contributed by atoms with E-state index in [-0.39, 0.29) is 6.10 Å². The number of aliphatic hydroxyl groups is 1. The van der Waals surface area contributed by atoms with Crippen molar-refractivity contribution in [3.8, 4) is 0 Å². The highest BCUT2D eigenvalue weighted by Gasteiger charge is 2.33. The van der Waals surface area contributed by atoms with Gasteiger partial charge in [0.2, 0.25) is 0 Å². The van der Waals surface area contributed by atoms with Gasteiger partial charge in [0.15, 0.2) is 0 Å². The Kier molecular flexibility index (Phi) is 3.65. The van der Waals surface area contributed by atoms with Crippen molar-refractivity contribution in [1.82, 2.24) is 9.80 Å². The van der Waals surface area contributed by atoms with E-state index < -0.39 is 0 Å². The van der Waals surface area contributed by atoms with Crippen LogP contribution in [0.2, 0.25) is 0 Å². The molecular formula is C12H24N2O. The van der Waals surface area contributed by atoms with Crippen LogP contribution in [0.1, 0.15) is 32.1 Å². The molecule has 0 amide bonds. The van der Waals surface area contributed by atoms with Gasteiger partial charge in [-0.1, -0.05) is 0 Å². The van der Waals surface area contributed by atoms with Gasteiger partial charge in [-0.05, 0) is 46.2 Å². The molecule has 15 heavy (non-hydrogen) atoms. The molecule has 3 heteroatoms. The third-order valence-electron chi connectivity index (χ3n) is 4.14. The Balaban J connectivity index is 1.82. The molecule has 2 rings (SSSR count). The molecular weight excluding hydrogens is 188 g/mol. The molecule has 88 valence electrons. The lowest BCUT2D eigenvalue weighted by Gasteiger charge is -2.39. The Hall–Kier alpha value is -0.120. The molecule has 0 aromatic rings. The first-order valence-electron chi connectivity index (χ1n) is 6.27. The van der Waals surface area contributed by atoms with Crippen LogP contribution in [0.5, 0.6) is 0 Å². The number of nitrogens with zero attached hydrogens (tertiary/aromatic N) is 2. The summed E-state index contributed by atoms with van der Waals surface area (Å²) in [6.45, 7) is 2.34. The number of hydrogen-bond donors (Lipinski definition) is 1. The van der Waals surface area contributed by atoms with Crippen molar-refractivity contribution in [2.45, 2.75) is 50.3 Å². The molecule has 3 nitrogen and oxygen atoms in total. The van der Waals surface area contributed by atoms with E-state index in [9.17, 15) is 5.11 Å². The standard InChI is InChI=1S/C12H24N2O/c1-13(2)10-6-8-14(9-7-10)11-4-3-5-12(11)15/h10-12,15H,3-9H2,1-2H3/t11-,12-/m0/s1. The van der Waals surface area contributed by atoms with Gasteiger partial charge < -0.3 is 10.0 Å². The van der Waals surface area contributed by atoms with Crippen molar-refractivity contribution in [2.24, 2.45) is 0 Å². The van der Waals surface area contributed by atoms with Crippen molar-refractivity contribution in [3.05, 3.63) is 0 Å². The van der Waals surface area contributed by atoms with Gasteiger partial charge in [0.1, 0.15) is 0 Å². The Morgan fingerprint density at radius 1 is 1.07 bits per heavy atom. The Morgan fingerprint density at radius 3 is 2.20 bits per heavy atom. The predicted octanol–water partition coefficient (Wildman–Crippen LogP) is 0.926. The lowest BCUT2D eigenvalue weighted by atomic mass is 10.0. The first-order chi connectivity index (χ1) is 7.18. The summed E-state index contributed by atoms with van der Waals surface area (Å²) in [5.41, 5.74) is 0. The largest absolute Gasteiger partial charge is 0.391 e. The van der Waals surface area contributed by atoms with Crippen molar-refractivity contribution >= 4 is 0 Å². The number of piperidine rings is 1. The highest BCUT2D eigenvalue weighted by Crippen LogP contribution is 2.27. The first kappa shape index (κ1) is 11.4. The topological polar surface area (TPSA) is 26.7 Å². The Labute approximate surface area is 93.1 Å². The van der Waals surface area contributed by atoms with Crippen LogP contribution in [0.4, 0.5) is 0 Å². The van der Waals surface area contributed by atoms with E-state index in [0.717, 1.165) is 12.5 Å². The van der Waals surface area contributed by atoms with Gasteiger partial charge in [0.05, 0.1) is 6.10 Å². The molecule has 2 aliphatic rings. The third-order valence-corrected chi connectivity index (χ3v) is 4.14. The molecule has 2 atom stereocenters. The maximum absolute atomic E-state index is 9.86. The average Bonchev–Trinajstić information content (AvgIpc) is 2.65. The van der Waals surface area contributed by atoms with Crippen molar-refractivity contribution in [1.29, 1.82) is 0 Å². The zero-order valence-electron chi connectivity index (χ0n) is 10.0. The number of rotatable bonds is 2. The van der Waals surface area contributed by atoms with Crippen LogP contribution in [0.25, 0.3) is 0 Å². The summed E-state index contributed by atoms with van der Waals surface area (Å²) >= 11 is 0. The van der Waals surface area contributed by atoms with E-state index in [1.54, 1.807) is 0 Å². The highest BCUT2D eigenvalue weighted by molar-refractivity contribution is 4.88. The second-order valence-corrected chi connectivity index (χ2v) is 5.30. The molecule has 1 saturated carbocycles. The van der Waals surface area contributed by atoms with Crippen LogP contribution < -0.4 is 0 Å². The molecule has 1 aliphatic heterocycles. The maximum Gasteiger partial charge on any atom is 0.0695 e. The van der Waals surface area contributed by atoms with Crippen LogP contribution in [0, 0.1) is 0 Å². The van der Waals surface area contributed by atoms with Crippen LogP contribution >= 0.6 is 0 Å². The van der Waals surface area contributed by atoms with Crippen molar-refractivity contribution < 1.29 is 5.11 Å². The van der Waals surface area contributed by atoms with E-state index in [2.05, 4.69) is 23.9 Å². The van der Waals surface area contributed by atoms with Crippen molar-refractivity contribution in [2.75, 3.05) is 27.2 Å². The minimum absolute atomic E-state index is 0.0547. The number of hydrogen-bond acceptors (Lipinski definition) is 3. The SMILES string of the molecule is CN(C)C1CCN([C@H]2CCC[C@@H]2O)CC1. The molecule has 2 fully saturated rings. The molecule has 0 radical (unpaired) electrons. The lowest BCUT2D eigenvalue weighted by Crippen LogP contribution is -2.48. The monoisotopic (exact) mass is 212 g/mol. The van der Waals surface area contributed by atoms with Gasteiger partial charge in [-0.15, -0.1) is 0 Å². The summed E-state index contributed by atoms with van der Waals surface area (Å²) in [4.78, 5) is 4.85.